The van der Waals surface area contributed by atoms with Gasteiger partial charge in [-0.3, -0.25) is 4.79 Å². The number of carbonyl (C=O) groups is 1. The van der Waals surface area contributed by atoms with E-state index in [1.54, 1.807) is 31.3 Å². The van der Waals surface area contributed by atoms with E-state index in [9.17, 15) is 9.90 Å². The molecule has 2 rings (SSSR count). The summed E-state index contributed by atoms with van der Waals surface area (Å²) >= 11 is 10.7. The second-order valence-electron chi connectivity index (χ2n) is 4.44. The molecule has 4 nitrogen and oxygen atoms in total. The molecule has 2 aromatic carbocycles. The molecule has 2 aromatic rings. The summed E-state index contributed by atoms with van der Waals surface area (Å²) in [5.41, 5.74) is 7.05. The number of benzene rings is 2. The first-order valence-corrected chi connectivity index (χ1v) is 6.85. The van der Waals surface area contributed by atoms with E-state index in [1.165, 1.54) is 23.1 Å². The molecule has 0 radical (unpaired) electrons. The van der Waals surface area contributed by atoms with Crippen molar-refractivity contribution in [3.63, 3.8) is 0 Å². The minimum Gasteiger partial charge on any atom is -0.507 e. The Balaban J connectivity index is 2.30. The second-order valence-corrected chi connectivity index (χ2v) is 5.31. The van der Waals surface area contributed by atoms with Crippen LogP contribution in [0.2, 0.25) is 5.02 Å². The van der Waals surface area contributed by atoms with Gasteiger partial charge in [0.2, 0.25) is 0 Å². The van der Waals surface area contributed by atoms with Crippen molar-refractivity contribution in [1.29, 1.82) is 0 Å². The molecule has 0 spiro atoms. The normalized spacial score (nSPS) is 10.2. The summed E-state index contributed by atoms with van der Waals surface area (Å²) in [6.07, 6.45) is 0. The summed E-state index contributed by atoms with van der Waals surface area (Å²) in [7, 11) is 1.61. The van der Waals surface area contributed by atoms with E-state index < -0.39 is 0 Å². The predicted molar refractivity (Wildman–Crippen MR) is 88.2 cm³/mol. The number of hydrogen-bond acceptors (Lipinski definition) is 3. The van der Waals surface area contributed by atoms with Gasteiger partial charge in [0.05, 0.1) is 5.56 Å². The number of anilines is 1. The van der Waals surface area contributed by atoms with Gasteiger partial charge >= 0.3 is 0 Å². The fourth-order valence-electron chi connectivity index (χ4n) is 1.83. The molecule has 0 fully saturated rings. The Morgan fingerprint density at radius 2 is 1.86 bits per heavy atom. The minimum absolute atomic E-state index is 0.115. The molecule has 0 unspecified atom stereocenters. The van der Waals surface area contributed by atoms with Crippen molar-refractivity contribution in [2.45, 2.75) is 0 Å². The molecule has 0 heterocycles. The van der Waals surface area contributed by atoms with Crippen molar-refractivity contribution >= 4 is 40.4 Å². The topological polar surface area (TPSA) is 66.6 Å². The molecular weight excluding hydrogens is 308 g/mol. The summed E-state index contributed by atoms with van der Waals surface area (Å²) in [6.45, 7) is 0. The van der Waals surface area contributed by atoms with Crippen molar-refractivity contribution in [2.24, 2.45) is 5.73 Å². The molecule has 0 atom stereocenters. The zero-order valence-electron chi connectivity index (χ0n) is 11.2. The summed E-state index contributed by atoms with van der Waals surface area (Å²) in [5, 5.41) is 10.2. The van der Waals surface area contributed by atoms with E-state index >= 15 is 0 Å². The van der Waals surface area contributed by atoms with Gasteiger partial charge in [0.1, 0.15) is 10.7 Å². The molecule has 6 heteroatoms. The van der Waals surface area contributed by atoms with E-state index in [-0.39, 0.29) is 17.2 Å². The van der Waals surface area contributed by atoms with Crippen molar-refractivity contribution in [2.75, 3.05) is 11.9 Å². The molecule has 1 amide bonds. The number of aromatic hydroxyl groups is 1. The van der Waals surface area contributed by atoms with Gasteiger partial charge in [0, 0.05) is 23.3 Å². The van der Waals surface area contributed by atoms with E-state index in [0.29, 0.717) is 15.7 Å². The lowest BCUT2D eigenvalue weighted by atomic mass is 10.1. The van der Waals surface area contributed by atoms with Crippen molar-refractivity contribution in [3.05, 3.63) is 58.6 Å². The standard InChI is InChI=1S/C15H13ClN2O2S/c1-18(11-5-2-9(3-6-11)14(17)21)15(20)12-8-10(16)4-7-13(12)19/h2-8,19H,1H3,(H2,17,21). The number of halogens is 1. The number of phenolic OH excluding ortho intramolecular Hbond substituents is 1. The highest BCUT2D eigenvalue weighted by atomic mass is 35.5. The molecule has 0 aliphatic heterocycles. The first-order chi connectivity index (χ1) is 9.90. The first kappa shape index (κ1) is 15.3. The smallest absolute Gasteiger partial charge is 0.261 e. The maximum Gasteiger partial charge on any atom is 0.261 e. The number of thiocarbonyl (C=S) groups is 1. The summed E-state index contributed by atoms with van der Waals surface area (Å²) in [5.74, 6) is -0.478. The third kappa shape index (κ3) is 3.32. The largest absolute Gasteiger partial charge is 0.507 e. The lowest BCUT2D eigenvalue weighted by molar-refractivity contribution is 0.0990. The van der Waals surface area contributed by atoms with E-state index in [2.05, 4.69) is 0 Å². The van der Waals surface area contributed by atoms with Crippen LogP contribution in [0.3, 0.4) is 0 Å². The van der Waals surface area contributed by atoms with E-state index in [0.717, 1.165) is 5.56 Å². The Morgan fingerprint density at radius 1 is 1.24 bits per heavy atom. The van der Waals surface area contributed by atoms with Crippen LogP contribution in [-0.2, 0) is 0 Å². The summed E-state index contributed by atoms with van der Waals surface area (Å²) in [4.78, 5) is 14.1. The molecule has 0 saturated carbocycles. The van der Waals surface area contributed by atoms with Crippen LogP contribution in [0.4, 0.5) is 5.69 Å². The SMILES string of the molecule is CN(C(=O)c1cc(Cl)ccc1O)c1ccc(C(N)=S)cc1. The predicted octanol–water partition coefficient (Wildman–Crippen LogP) is 2.96. The molecule has 0 bridgehead atoms. The molecule has 0 aliphatic rings. The molecule has 3 N–H and O–H groups in total. The number of hydrogen-bond donors (Lipinski definition) is 2. The number of carbonyl (C=O) groups excluding carboxylic acids is 1. The van der Waals surface area contributed by atoms with Crippen LogP contribution >= 0.6 is 23.8 Å². The van der Waals surface area contributed by atoms with Gasteiger partial charge < -0.3 is 15.7 Å². The van der Waals surface area contributed by atoms with Crippen LogP contribution in [0, 0.1) is 0 Å². The Hall–Kier alpha value is -2.11. The quantitative estimate of drug-likeness (QED) is 0.853. The first-order valence-electron chi connectivity index (χ1n) is 6.06. The average molecular weight is 321 g/mol. The van der Waals surface area contributed by atoms with Gasteiger partial charge in [-0.1, -0.05) is 23.8 Å². The fourth-order valence-corrected chi connectivity index (χ4v) is 2.13. The van der Waals surface area contributed by atoms with E-state index in [1.807, 2.05) is 0 Å². The van der Waals surface area contributed by atoms with Crippen LogP contribution in [0.15, 0.2) is 42.5 Å². The molecule has 108 valence electrons. The highest BCUT2D eigenvalue weighted by Gasteiger charge is 2.17. The van der Waals surface area contributed by atoms with Crippen LogP contribution in [0.5, 0.6) is 5.75 Å². The molecule has 0 aliphatic carbocycles. The zero-order chi connectivity index (χ0) is 15.6. The molecule has 21 heavy (non-hydrogen) atoms. The Labute approximate surface area is 132 Å². The number of rotatable bonds is 3. The van der Waals surface area contributed by atoms with Gasteiger partial charge in [-0.25, -0.2) is 0 Å². The van der Waals surface area contributed by atoms with Gasteiger partial charge in [0.15, 0.2) is 0 Å². The number of amides is 1. The highest BCUT2D eigenvalue weighted by Crippen LogP contribution is 2.25. The van der Waals surface area contributed by atoms with Crippen LogP contribution in [-0.4, -0.2) is 23.0 Å². The maximum absolute atomic E-state index is 12.4. The zero-order valence-corrected chi connectivity index (χ0v) is 12.8. The third-order valence-electron chi connectivity index (χ3n) is 3.03. The van der Waals surface area contributed by atoms with Crippen LogP contribution in [0.1, 0.15) is 15.9 Å². The second kappa shape index (κ2) is 6.11. The Morgan fingerprint density at radius 3 is 2.43 bits per heavy atom. The highest BCUT2D eigenvalue weighted by molar-refractivity contribution is 7.80. The number of phenols is 1. The van der Waals surface area contributed by atoms with Gasteiger partial charge in [-0.2, -0.15) is 0 Å². The van der Waals surface area contributed by atoms with E-state index in [4.69, 9.17) is 29.6 Å². The Bertz CT molecular complexity index is 701. The monoisotopic (exact) mass is 320 g/mol. The lowest BCUT2D eigenvalue weighted by Gasteiger charge is -2.18. The van der Waals surface area contributed by atoms with Gasteiger partial charge in [-0.15, -0.1) is 0 Å². The molecule has 0 aromatic heterocycles. The third-order valence-corrected chi connectivity index (χ3v) is 3.50. The van der Waals surface area contributed by atoms with Crippen molar-refractivity contribution in [3.8, 4) is 5.75 Å². The van der Waals surface area contributed by atoms with Crippen LogP contribution in [0.25, 0.3) is 0 Å². The minimum atomic E-state index is -0.363. The summed E-state index contributed by atoms with van der Waals surface area (Å²) < 4.78 is 0. The molecule has 0 saturated heterocycles. The lowest BCUT2D eigenvalue weighted by Crippen LogP contribution is -2.26. The molecular formula is C15H13ClN2O2S. The van der Waals surface area contributed by atoms with Crippen LogP contribution < -0.4 is 10.6 Å². The number of nitrogens with two attached hydrogens (primary N) is 1. The fraction of sp³-hybridized carbons (Fsp3) is 0.0667. The average Bonchev–Trinajstić information content (AvgIpc) is 2.48. The Kier molecular flexibility index (Phi) is 4.45. The number of nitrogens with zero attached hydrogens (tertiary/aromatic N) is 1. The van der Waals surface area contributed by atoms with Crippen molar-refractivity contribution < 1.29 is 9.90 Å². The van der Waals surface area contributed by atoms with Gasteiger partial charge in [-0.05, 0) is 42.5 Å². The maximum atomic E-state index is 12.4. The van der Waals surface area contributed by atoms with Crippen molar-refractivity contribution in [1.82, 2.24) is 0 Å². The van der Waals surface area contributed by atoms with Gasteiger partial charge in [0.25, 0.3) is 5.91 Å². The summed E-state index contributed by atoms with van der Waals surface area (Å²) in [6, 6.07) is 11.3.